The van der Waals surface area contributed by atoms with Crippen molar-refractivity contribution < 1.29 is 9.90 Å². The Balaban J connectivity index is 2.80. The van der Waals surface area contributed by atoms with Crippen molar-refractivity contribution in [1.82, 2.24) is 4.98 Å². The zero-order valence-corrected chi connectivity index (χ0v) is 11.1. The van der Waals surface area contributed by atoms with E-state index in [2.05, 4.69) is 4.98 Å². The molecular weight excluding hydrogens is 238 g/mol. The van der Waals surface area contributed by atoms with Crippen molar-refractivity contribution >= 4 is 17.7 Å². The van der Waals surface area contributed by atoms with Crippen LogP contribution in [0.1, 0.15) is 32.9 Å². The summed E-state index contributed by atoms with van der Waals surface area (Å²) in [5.41, 5.74) is 0.611. The molecule has 0 saturated carbocycles. The Morgan fingerprint density at radius 2 is 2.12 bits per heavy atom. The van der Waals surface area contributed by atoms with Crippen LogP contribution in [-0.2, 0) is 11.2 Å². The van der Waals surface area contributed by atoms with Gasteiger partial charge >= 0.3 is 5.97 Å². The van der Waals surface area contributed by atoms with Crippen molar-refractivity contribution in [2.24, 2.45) is 0 Å². The van der Waals surface area contributed by atoms with Crippen molar-refractivity contribution in [2.75, 3.05) is 0 Å². The topological polar surface area (TPSA) is 70.2 Å². The van der Waals surface area contributed by atoms with Gasteiger partial charge in [-0.2, -0.15) is 0 Å². The maximum Gasteiger partial charge on any atom is 0.303 e. The van der Waals surface area contributed by atoms with Crippen LogP contribution in [0.2, 0.25) is 0 Å². The Kier molecular flexibility index (Phi) is 4.40. The van der Waals surface area contributed by atoms with E-state index in [1.54, 1.807) is 6.20 Å². The normalized spacial score (nSPS) is 11.5. The number of pyridine rings is 1. The number of hydrogen-bond acceptors (Lipinski definition) is 3. The summed E-state index contributed by atoms with van der Waals surface area (Å²) in [4.78, 5) is 25.8. The average molecular weight is 255 g/mol. The minimum absolute atomic E-state index is 0.0183. The van der Waals surface area contributed by atoms with Gasteiger partial charge in [0.05, 0.1) is 11.3 Å². The molecule has 0 aliphatic carbocycles. The predicted molar refractivity (Wildman–Crippen MR) is 68.6 cm³/mol. The third kappa shape index (κ3) is 5.08. The summed E-state index contributed by atoms with van der Waals surface area (Å²) in [6, 6.07) is 1.48. The lowest BCUT2D eigenvalue weighted by atomic mass is 10.2. The van der Waals surface area contributed by atoms with E-state index in [1.165, 1.54) is 17.8 Å². The van der Waals surface area contributed by atoms with Crippen LogP contribution in [0.4, 0.5) is 0 Å². The molecule has 0 bridgehead atoms. The third-order valence-electron chi connectivity index (χ3n) is 1.96. The average Bonchev–Trinajstić information content (AvgIpc) is 2.17. The van der Waals surface area contributed by atoms with Gasteiger partial charge < -0.3 is 10.1 Å². The number of aryl methyl sites for hydroxylation is 1. The van der Waals surface area contributed by atoms with Gasteiger partial charge in [0.2, 0.25) is 0 Å². The van der Waals surface area contributed by atoms with Crippen LogP contribution < -0.4 is 5.43 Å². The zero-order valence-electron chi connectivity index (χ0n) is 10.2. The monoisotopic (exact) mass is 255 g/mol. The lowest BCUT2D eigenvalue weighted by Gasteiger charge is -2.16. The maximum atomic E-state index is 11.8. The fraction of sp³-hybridized carbons (Fsp3) is 0.500. The molecule has 1 aromatic rings. The van der Waals surface area contributed by atoms with E-state index in [-0.39, 0.29) is 16.6 Å². The molecule has 0 radical (unpaired) electrons. The molecule has 5 heteroatoms. The second-order valence-corrected chi connectivity index (χ2v) is 6.66. The second-order valence-electron chi connectivity index (χ2n) is 4.79. The Labute approximate surface area is 104 Å². The Morgan fingerprint density at radius 3 is 2.59 bits per heavy atom. The molecule has 17 heavy (non-hydrogen) atoms. The zero-order chi connectivity index (χ0) is 13.1. The summed E-state index contributed by atoms with van der Waals surface area (Å²) in [5, 5.41) is 8.56. The van der Waals surface area contributed by atoms with Gasteiger partial charge in [0.1, 0.15) is 0 Å². The SMILES string of the molecule is CC(C)(C)Sc1c[nH]c(CCC(=O)O)cc1=O. The van der Waals surface area contributed by atoms with Gasteiger partial charge in [-0.15, -0.1) is 11.8 Å². The van der Waals surface area contributed by atoms with E-state index in [0.29, 0.717) is 17.0 Å². The molecule has 1 rings (SSSR count). The van der Waals surface area contributed by atoms with Gasteiger partial charge in [-0.1, -0.05) is 20.8 Å². The van der Waals surface area contributed by atoms with Gasteiger partial charge in [-0.3, -0.25) is 9.59 Å². The fourth-order valence-electron chi connectivity index (χ4n) is 1.30. The molecule has 94 valence electrons. The number of nitrogens with one attached hydrogen (secondary N) is 1. The third-order valence-corrected chi connectivity index (χ3v) is 3.11. The highest BCUT2D eigenvalue weighted by atomic mass is 32.2. The highest BCUT2D eigenvalue weighted by Crippen LogP contribution is 2.28. The van der Waals surface area contributed by atoms with Gasteiger partial charge in [0.15, 0.2) is 5.43 Å². The van der Waals surface area contributed by atoms with Crippen molar-refractivity contribution in [3.05, 3.63) is 28.2 Å². The molecule has 1 heterocycles. The van der Waals surface area contributed by atoms with Gasteiger partial charge in [-0.05, 0) is 6.42 Å². The summed E-state index contributed by atoms with van der Waals surface area (Å²) < 4.78 is -0.0183. The van der Waals surface area contributed by atoms with Crippen molar-refractivity contribution in [2.45, 2.75) is 43.3 Å². The summed E-state index contributed by atoms with van der Waals surface area (Å²) in [6.07, 6.45) is 2.04. The first-order chi connectivity index (χ1) is 7.78. The molecule has 0 aliphatic rings. The number of carboxylic acids is 1. The van der Waals surface area contributed by atoms with Crippen molar-refractivity contribution in [1.29, 1.82) is 0 Å². The molecule has 0 spiro atoms. The number of aromatic amines is 1. The van der Waals surface area contributed by atoms with E-state index >= 15 is 0 Å². The van der Waals surface area contributed by atoms with Gasteiger partial charge in [-0.25, -0.2) is 0 Å². The predicted octanol–water partition coefficient (Wildman–Crippen LogP) is 2.28. The van der Waals surface area contributed by atoms with E-state index < -0.39 is 5.97 Å². The van der Waals surface area contributed by atoms with Gasteiger partial charge in [0.25, 0.3) is 0 Å². The number of carboxylic acid groups (broad SMARTS) is 1. The molecule has 2 N–H and O–H groups in total. The molecule has 0 aromatic carbocycles. The number of aliphatic carboxylic acids is 1. The number of thioether (sulfide) groups is 1. The van der Waals surface area contributed by atoms with Gasteiger partial charge in [0, 0.05) is 22.7 Å². The Bertz CT molecular complexity index is 460. The largest absolute Gasteiger partial charge is 0.481 e. The summed E-state index contributed by atoms with van der Waals surface area (Å²) in [7, 11) is 0. The highest BCUT2D eigenvalue weighted by molar-refractivity contribution is 8.00. The molecule has 0 saturated heterocycles. The molecule has 0 aliphatic heterocycles. The number of carbonyl (C=O) groups is 1. The molecule has 0 atom stereocenters. The quantitative estimate of drug-likeness (QED) is 0.810. The second kappa shape index (κ2) is 5.40. The molecule has 0 fully saturated rings. The van der Waals surface area contributed by atoms with E-state index in [0.717, 1.165) is 0 Å². The number of hydrogen-bond donors (Lipinski definition) is 2. The highest BCUT2D eigenvalue weighted by Gasteiger charge is 2.14. The fourth-order valence-corrected chi connectivity index (χ4v) is 2.23. The van der Waals surface area contributed by atoms with Crippen molar-refractivity contribution in [3.8, 4) is 0 Å². The van der Waals surface area contributed by atoms with Crippen LogP contribution in [-0.4, -0.2) is 20.8 Å². The van der Waals surface area contributed by atoms with E-state index in [4.69, 9.17) is 5.11 Å². The standard InChI is InChI=1S/C12H17NO3S/c1-12(2,3)17-10-7-13-8(6-9(10)14)4-5-11(15)16/h6-7H,4-5H2,1-3H3,(H,13,14)(H,15,16). The Morgan fingerprint density at radius 1 is 1.47 bits per heavy atom. The summed E-state index contributed by atoms with van der Waals surface area (Å²) in [6.45, 7) is 6.11. The van der Waals surface area contributed by atoms with Crippen LogP contribution in [0.5, 0.6) is 0 Å². The van der Waals surface area contributed by atoms with Crippen molar-refractivity contribution in [3.63, 3.8) is 0 Å². The summed E-state index contributed by atoms with van der Waals surface area (Å²) in [5.74, 6) is -0.862. The van der Waals surface area contributed by atoms with E-state index in [1.807, 2.05) is 20.8 Å². The van der Waals surface area contributed by atoms with Crippen LogP contribution in [0.3, 0.4) is 0 Å². The minimum Gasteiger partial charge on any atom is -0.481 e. The first-order valence-electron chi connectivity index (χ1n) is 5.40. The smallest absolute Gasteiger partial charge is 0.303 e. The molecule has 4 nitrogen and oxygen atoms in total. The first-order valence-corrected chi connectivity index (χ1v) is 6.22. The van der Waals surface area contributed by atoms with Crippen LogP contribution in [0.25, 0.3) is 0 Å². The molecule has 1 aromatic heterocycles. The number of rotatable bonds is 4. The lowest BCUT2D eigenvalue weighted by Crippen LogP contribution is -2.13. The van der Waals surface area contributed by atoms with Crippen LogP contribution in [0, 0.1) is 0 Å². The molecule has 0 unspecified atom stereocenters. The maximum absolute atomic E-state index is 11.8. The number of aromatic nitrogens is 1. The lowest BCUT2D eigenvalue weighted by molar-refractivity contribution is -0.136. The summed E-state index contributed by atoms with van der Waals surface area (Å²) >= 11 is 1.50. The van der Waals surface area contributed by atoms with E-state index in [9.17, 15) is 9.59 Å². The minimum atomic E-state index is -0.862. The molecule has 0 amide bonds. The number of H-pyrrole nitrogens is 1. The molecular formula is C12H17NO3S. The van der Waals surface area contributed by atoms with Crippen LogP contribution >= 0.6 is 11.8 Å². The Hall–Kier alpha value is -1.23. The van der Waals surface area contributed by atoms with Crippen LogP contribution in [0.15, 0.2) is 22.0 Å². The first kappa shape index (κ1) is 13.8.